The van der Waals surface area contributed by atoms with Crippen LogP contribution in [-0.2, 0) is 32.7 Å². The van der Waals surface area contributed by atoms with Crippen LogP contribution in [0.3, 0.4) is 0 Å². The van der Waals surface area contributed by atoms with E-state index in [0.717, 1.165) is 64.2 Å². The van der Waals surface area contributed by atoms with Crippen molar-refractivity contribution in [1.82, 2.24) is 0 Å². The van der Waals surface area contributed by atoms with E-state index >= 15 is 0 Å². The number of carbonyl (C=O) groups is 2. The van der Waals surface area contributed by atoms with Gasteiger partial charge in [0.15, 0.2) is 6.10 Å². The third kappa shape index (κ3) is 60.8. The first kappa shape index (κ1) is 72.7. The van der Waals surface area contributed by atoms with Crippen LogP contribution in [0.5, 0.6) is 0 Å². The average Bonchev–Trinajstić information content (AvgIpc) is 3.37. The summed E-state index contributed by atoms with van der Waals surface area (Å²) in [6, 6.07) is 0. The summed E-state index contributed by atoms with van der Waals surface area (Å²) in [4.78, 5) is 35.5. The third-order valence-electron chi connectivity index (χ3n) is 13.8. The molecule has 0 heterocycles. The zero-order chi connectivity index (χ0) is 54.9. The molecule has 0 aromatic carbocycles. The van der Waals surface area contributed by atoms with Crippen molar-refractivity contribution in [3.8, 4) is 0 Å². The SMILES string of the molecule is CC/C=C\C/C=C\C/C=C\C/C=C\C/C=C\CCCCCCCCCCCCCCCCCCCCCCCCCCCC(=O)OC(COC(=O)CCCCCCCCCCCC)COP(=O)(O)OCC[N+](C)(C)C. The van der Waals surface area contributed by atoms with Crippen molar-refractivity contribution in [3.63, 3.8) is 0 Å². The lowest BCUT2D eigenvalue weighted by Gasteiger charge is -2.24. The quantitative estimate of drug-likeness (QED) is 0.0211. The zero-order valence-corrected chi connectivity index (χ0v) is 50.7. The summed E-state index contributed by atoms with van der Waals surface area (Å²) in [6.45, 7) is 4.33. The highest BCUT2D eigenvalue weighted by atomic mass is 31.2. The summed E-state index contributed by atoms with van der Waals surface area (Å²) in [6.07, 6.45) is 73.4. The average molecular weight is 1080 g/mol. The minimum absolute atomic E-state index is 0.0342. The predicted molar refractivity (Wildman–Crippen MR) is 321 cm³/mol. The molecular weight excluding hydrogens is 954 g/mol. The highest BCUT2D eigenvalue weighted by Crippen LogP contribution is 2.43. The second-order valence-corrected chi connectivity index (χ2v) is 23.9. The van der Waals surface area contributed by atoms with Gasteiger partial charge in [0.2, 0.25) is 0 Å². The normalized spacial score (nSPS) is 13.6. The number of allylic oxidation sites excluding steroid dienone is 10. The summed E-state index contributed by atoms with van der Waals surface area (Å²) in [5.41, 5.74) is 0. The molecule has 0 aromatic heterocycles. The lowest BCUT2D eigenvalue weighted by Crippen LogP contribution is -2.37. The van der Waals surface area contributed by atoms with Gasteiger partial charge in [-0.3, -0.25) is 18.6 Å². The number of ether oxygens (including phenoxy) is 2. The van der Waals surface area contributed by atoms with Gasteiger partial charge < -0.3 is 18.9 Å². The number of carbonyl (C=O) groups excluding carboxylic acids is 2. The first-order valence-electron chi connectivity index (χ1n) is 31.5. The lowest BCUT2D eigenvalue weighted by molar-refractivity contribution is -0.870. The molecule has 0 saturated carbocycles. The Morgan fingerprint density at radius 3 is 1.13 bits per heavy atom. The molecule has 0 amide bonds. The zero-order valence-electron chi connectivity index (χ0n) is 49.8. The molecule has 10 heteroatoms. The number of rotatable bonds is 58. The van der Waals surface area contributed by atoms with Gasteiger partial charge in [-0.15, -0.1) is 0 Å². The van der Waals surface area contributed by atoms with E-state index in [-0.39, 0.29) is 25.6 Å². The van der Waals surface area contributed by atoms with E-state index in [1.54, 1.807) is 0 Å². The fourth-order valence-corrected chi connectivity index (χ4v) is 9.73. The van der Waals surface area contributed by atoms with E-state index < -0.39 is 26.5 Å². The molecule has 0 rings (SSSR count). The van der Waals surface area contributed by atoms with E-state index in [1.807, 2.05) is 21.1 Å². The number of nitrogens with zero attached hydrogens (tertiary/aromatic N) is 1. The number of hydrogen-bond donors (Lipinski definition) is 1. The van der Waals surface area contributed by atoms with Crippen molar-refractivity contribution in [2.75, 3.05) is 47.5 Å². The Morgan fingerprint density at radius 1 is 0.427 bits per heavy atom. The van der Waals surface area contributed by atoms with Crippen LogP contribution in [0.1, 0.15) is 290 Å². The summed E-state index contributed by atoms with van der Waals surface area (Å²) in [5.74, 6) is -0.786. The Balaban J connectivity index is 3.81. The molecule has 0 bridgehead atoms. The largest absolute Gasteiger partial charge is 0.472 e. The molecule has 9 nitrogen and oxygen atoms in total. The summed E-state index contributed by atoms with van der Waals surface area (Å²) in [7, 11) is 1.49. The molecule has 1 N–H and O–H groups in total. The Bertz CT molecular complexity index is 1450. The summed E-state index contributed by atoms with van der Waals surface area (Å²) < 4.78 is 34.5. The second-order valence-electron chi connectivity index (χ2n) is 22.4. The summed E-state index contributed by atoms with van der Waals surface area (Å²) >= 11 is 0. The number of quaternary nitrogens is 1. The number of hydrogen-bond acceptors (Lipinski definition) is 7. The van der Waals surface area contributed by atoms with Crippen molar-refractivity contribution in [2.24, 2.45) is 0 Å². The highest BCUT2D eigenvalue weighted by molar-refractivity contribution is 7.47. The molecule has 2 unspecified atom stereocenters. The van der Waals surface area contributed by atoms with Crippen LogP contribution >= 0.6 is 7.82 Å². The number of phosphoric ester groups is 1. The van der Waals surface area contributed by atoms with Crippen molar-refractivity contribution < 1.29 is 42.1 Å². The van der Waals surface area contributed by atoms with E-state index in [9.17, 15) is 19.0 Å². The number of esters is 2. The minimum Gasteiger partial charge on any atom is -0.462 e. The Labute approximate surface area is 464 Å². The van der Waals surface area contributed by atoms with Crippen LogP contribution in [0, 0.1) is 0 Å². The van der Waals surface area contributed by atoms with E-state index in [2.05, 4.69) is 74.6 Å². The van der Waals surface area contributed by atoms with Gasteiger partial charge in [0, 0.05) is 12.8 Å². The number of phosphoric acid groups is 1. The van der Waals surface area contributed by atoms with Gasteiger partial charge in [-0.2, -0.15) is 0 Å². The fraction of sp³-hybridized carbons (Fsp3) is 0.815. The number of unbranched alkanes of at least 4 members (excludes halogenated alkanes) is 34. The van der Waals surface area contributed by atoms with E-state index in [1.165, 1.54) is 193 Å². The van der Waals surface area contributed by atoms with Crippen molar-refractivity contribution >= 4 is 19.8 Å². The van der Waals surface area contributed by atoms with Crippen molar-refractivity contribution in [1.29, 1.82) is 0 Å². The first-order valence-corrected chi connectivity index (χ1v) is 33.0. The summed E-state index contributed by atoms with van der Waals surface area (Å²) in [5, 5.41) is 0. The molecule has 2 atom stereocenters. The third-order valence-corrected chi connectivity index (χ3v) is 14.8. The van der Waals surface area contributed by atoms with Gasteiger partial charge in [0.1, 0.15) is 19.8 Å². The van der Waals surface area contributed by atoms with Crippen LogP contribution in [0.25, 0.3) is 0 Å². The van der Waals surface area contributed by atoms with Crippen molar-refractivity contribution in [3.05, 3.63) is 60.8 Å². The van der Waals surface area contributed by atoms with E-state index in [0.29, 0.717) is 23.9 Å². The van der Waals surface area contributed by atoms with Gasteiger partial charge in [0.25, 0.3) is 0 Å². The van der Waals surface area contributed by atoms with Crippen LogP contribution in [0.2, 0.25) is 0 Å². The molecule has 0 radical (unpaired) electrons. The maximum atomic E-state index is 12.8. The molecule has 0 aliphatic heterocycles. The minimum atomic E-state index is -4.38. The first-order chi connectivity index (χ1) is 36.5. The number of likely N-dealkylation sites (N-methyl/N-ethyl adjacent to an activating group) is 1. The van der Waals surface area contributed by atoms with Crippen LogP contribution < -0.4 is 0 Å². The van der Waals surface area contributed by atoms with Crippen molar-refractivity contribution in [2.45, 2.75) is 296 Å². The van der Waals surface area contributed by atoms with Crippen LogP contribution in [0.15, 0.2) is 60.8 Å². The molecule has 0 aliphatic carbocycles. The van der Waals surface area contributed by atoms with Gasteiger partial charge in [-0.05, 0) is 57.8 Å². The molecule has 0 aromatic rings. The van der Waals surface area contributed by atoms with Gasteiger partial charge >= 0.3 is 19.8 Å². The van der Waals surface area contributed by atoms with E-state index in [4.69, 9.17) is 18.5 Å². The Hall–Kier alpha value is -2.29. The smallest absolute Gasteiger partial charge is 0.462 e. The molecule has 438 valence electrons. The topological polar surface area (TPSA) is 108 Å². The molecule has 0 spiro atoms. The molecule has 0 saturated heterocycles. The van der Waals surface area contributed by atoms with Crippen LogP contribution in [-0.4, -0.2) is 74.9 Å². The molecule has 0 fully saturated rings. The fourth-order valence-electron chi connectivity index (χ4n) is 8.99. The maximum absolute atomic E-state index is 12.8. The monoisotopic (exact) mass is 1070 g/mol. The second kappa shape index (κ2) is 56.4. The highest BCUT2D eigenvalue weighted by Gasteiger charge is 2.27. The Morgan fingerprint density at radius 2 is 0.760 bits per heavy atom. The van der Waals surface area contributed by atoms with Gasteiger partial charge in [0.05, 0.1) is 27.7 Å². The maximum Gasteiger partial charge on any atom is 0.472 e. The van der Waals surface area contributed by atoms with Crippen LogP contribution in [0.4, 0.5) is 0 Å². The molecule has 75 heavy (non-hydrogen) atoms. The predicted octanol–water partition coefficient (Wildman–Crippen LogP) is 19.9. The van der Waals surface area contributed by atoms with Gasteiger partial charge in [-0.25, -0.2) is 4.57 Å². The lowest BCUT2D eigenvalue weighted by atomic mass is 10.0. The molecular formula is C65H121NO8P+. The van der Waals surface area contributed by atoms with Gasteiger partial charge in [-0.1, -0.05) is 280 Å². The Kier molecular flexibility index (Phi) is 54.7. The standard InChI is InChI=1S/C65H120NO8P/c1-6-8-10-12-14-16-18-19-20-21-22-23-24-25-26-27-28-29-30-31-32-33-34-35-36-37-38-39-40-41-42-43-44-45-46-47-48-50-52-54-56-58-65(68)74-63(62-73-75(69,70)72-60-59-66(3,4)5)61-71-64(67)57-55-53-51-49-17-15-13-11-9-7-2/h8,10,14,16,19-20,22-23,25-26,63H,6-7,9,11-13,15,17-18,21,24,27-62H2,1-5H3/p+1/b10-8-,16-14-,20-19-,23-22-,26-25-. The molecule has 0 aliphatic rings.